The highest BCUT2D eigenvalue weighted by molar-refractivity contribution is 5.99. The lowest BCUT2D eigenvalue weighted by molar-refractivity contribution is -0.384. The lowest BCUT2D eigenvalue weighted by Gasteiger charge is -2.22. The predicted molar refractivity (Wildman–Crippen MR) is 149 cm³/mol. The van der Waals surface area contributed by atoms with Crippen LogP contribution >= 0.6 is 0 Å². The molecule has 4 amide bonds. The monoisotopic (exact) mass is 554 g/mol. The van der Waals surface area contributed by atoms with Gasteiger partial charge in [-0.05, 0) is 43.0 Å². The molecule has 2 atom stereocenters. The van der Waals surface area contributed by atoms with Crippen molar-refractivity contribution < 1.29 is 24.1 Å². The fourth-order valence-electron chi connectivity index (χ4n) is 3.54. The number of amides is 4. The average molecular weight is 555 g/mol. The number of carbonyl (C=O) groups excluding carboxylic acids is 4. The Kier molecular flexibility index (Phi) is 12.0. The van der Waals surface area contributed by atoms with Crippen molar-refractivity contribution in [3.05, 3.63) is 70.3 Å². The number of guanidine groups is 1. The van der Waals surface area contributed by atoms with E-state index in [2.05, 4.69) is 26.3 Å². The lowest BCUT2D eigenvalue weighted by Crippen LogP contribution is -2.53. The molecule has 14 heteroatoms. The molecule has 8 N–H and O–H groups in total. The zero-order valence-electron chi connectivity index (χ0n) is 22.3. The summed E-state index contributed by atoms with van der Waals surface area (Å²) in [5.41, 5.74) is 11.2. The molecule has 0 fully saturated rings. The summed E-state index contributed by atoms with van der Waals surface area (Å²) in [4.78, 5) is 65.0. The maximum Gasteiger partial charge on any atom is 0.269 e. The molecule has 0 saturated heterocycles. The van der Waals surface area contributed by atoms with E-state index in [1.807, 2.05) is 0 Å². The van der Waals surface area contributed by atoms with Gasteiger partial charge in [0.1, 0.15) is 12.1 Å². The Labute approximate surface area is 231 Å². The number of nitrogens with zero attached hydrogens (tertiary/aromatic N) is 2. The molecule has 2 rings (SSSR count). The fourth-order valence-corrected chi connectivity index (χ4v) is 3.54. The molecule has 2 aromatic carbocycles. The third-order valence-corrected chi connectivity index (χ3v) is 5.64. The largest absolute Gasteiger partial charge is 0.370 e. The van der Waals surface area contributed by atoms with Gasteiger partial charge in [0, 0.05) is 29.9 Å². The van der Waals surface area contributed by atoms with E-state index in [1.54, 1.807) is 44.2 Å². The number of rotatable bonds is 14. The SMILES string of the molecule is CC(C)[C@H](NC(=O)c1ccccc1)C(=O)NCC(=O)N[C@H](CCCN=C(N)N)C(=O)Nc1ccc([N+](=O)[O-])cc1. The van der Waals surface area contributed by atoms with Crippen LogP contribution in [0.15, 0.2) is 59.6 Å². The van der Waals surface area contributed by atoms with Gasteiger partial charge in [-0.25, -0.2) is 0 Å². The maximum atomic E-state index is 12.9. The summed E-state index contributed by atoms with van der Waals surface area (Å²) in [5.74, 6) is -2.59. The first-order valence-corrected chi connectivity index (χ1v) is 12.5. The molecular weight excluding hydrogens is 520 g/mol. The number of nitro groups is 1. The number of non-ortho nitro benzene ring substituents is 1. The number of nitrogens with one attached hydrogen (secondary N) is 4. The molecule has 2 aromatic rings. The third-order valence-electron chi connectivity index (χ3n) is 5.64. The molecule has 0 heterocycles. The minimum Gasteiger partial charge on any atom is -0.370 e. The van der Waals surface area contributed by atoms with Gasteiger partial charge < -0.3 is 32.7 Å². The van der Waals surface area contributed by atoms with Crippen LogP contribution < -0.4 is 32.7 Å². The van der Waals surface area contributed by atoms with Gasteiger partial charge in [-0.3, -0.25) is 34.3 Å². The molecule has 0 saturated carbocycles. The van der Waals surface area contributed by atoms with Crippen molar-refractivity contribution in [3.63, 3.8) is 0 Å². The van der Waals surface area contributed by atoms with Crippen LogP contribution in [0.5, 0.6) is 0 Å². The molecule has 0 unspecified atom stereocenters. The summed E-state index contributed by atoms with van der Waals surface area (Å²) >= 11 is 0. The number of carbonyl (C=O) groups is 4. The average Bonchev–Trinajstić information content (AvgIpc) is 2.92. The predicted octanol–water partition coefficient (Wildman–Crippen LogP) is 0.643. The molecule has 0 aliphatic carbocycles. The van der Waals surface area contributed by atoms with Gasteiger partial charge in [-0.2, -0.15) is 0 Å². The second-order valence-corrected chi connectivity index (χ2v) is 9.14. The Bertz CT molecular complexity index is 1210. The van der Waals surface area contributed by atoms with Crippen LogP contribution in [0.25, 0.3) is 0 Å². The molecule has 0 aromatic heterocycles. The second-order valence-electron chi connectivity index (χ2n) is 9.14. The number of anilines is 1. The highest BCUT2D eigenvalue weighted by Crippen LogP contribution is 2.16. The van der Waals surface area contributed by atoms with Crippen LogP contribution in [0.4, 0.5) is 11.4 Å². The molecular formula is C26H34N8O6. The van der Waals surface area contributed by atoms with Gasteiger partial charge in [0.2, 0.25) is 17.7 Å². The van der Waals surface area contributed by atoms with Gasteiger partial charge in [0.05, 0.1) is 11.5 Å². The first-order chi connectivity index (χ1) is 19.0. The van der Waals surface area contributed by atoms with Crippen LogP contribution in [0.3, 0.4) is 0 Å². The standard InChI is InChI=1S/C26H34N8O6/c1-16(2)22(33-23(36)17-7-4-3-5-8-17)25(38)30-15-21(35)32-20(9-6-14-29-26(27)28)24(37)31-18-10-12-19(13-11-18)34(39)40/h3-5,7-8,10-13,16,20,22H,6,9,14-15H2,1-2H3,(H,30,38)(H,31,37)(H,32,35)(H,33,36)(H4,27,28,29)/t20-,22+/m1/s1. The second kappa shape index (κ2) is 15.4. The van der Waals surface area contributed by atoms with Gasteiger partial charge in [-0.1, -0.05) is 32.0 Å². The van der Waals surface area contributed by atoms with Crippen molar-refractivity contribution in [3.8, 4) is 0 Å². The highest BCUT2D eigenvalue weighted by Gasteiger charge is 2.26. The number of nitro benzene ring substituents is 1. The minimum atomic E-state index is -1.02. The highest BCUT2D eigenvalue weighted by atomic mass is 16.6. The smallest absolute Gasteiger partial charge is 0.269 e. The van der Waals surface area contributed by atoms with Crippen LogP contribution in [-0.2, 0) is 14.4 Å². The van der Waals surface area contributed by atoms with Gasteiger partial charge in [0.15, 0.2) is 5.96 Å². The quantitative estimate of drug-likeness (QED) is 0.0637. The topological polar surface area (TPSA) is 224 Å². The summed E-state index contributed by atoms with van der Waals surface area (Å²) in [7, 11) is 0. The summed E-state index contributed by atoms with van der Waals surface area (Å²) in [6, 6.07) is 11.7. The zero-order valence-corrected chi connectivity index (χ0v) is 22.3. The normalized spacial score (nSPS) is 12.0. The Balaban J connectivity index is 2.01. The number of hydrogen-bond donors (Lipinski definition) is 6. The summed E-state index contributed by atoms with van der Waals surface area (Å²) in [6.45, 7) is 3.28. The Morgan fingerprint density at radius 3 is 2.17 bits per heavy atom. The van der Waals surface area contributed by atoms with Crippen LogP contribution in [0.1, 0.15) is 37.0 Å². The lowest BCUT2D eigenvalue weighted by atomic mass is 10.0. The van der Waals surface area contributed by atoms with Crippen molar-refractivity contribution in [1.29, 1.82) is 0 Å². The van der Waals surface area contributed by atoms with E-state index in [0.29, 0.717) is 17.7 Å². The Morgan fingerprint density at radius 1 is 0.950 bits per heavy atom. The molecule has 214 valence electrons. The van der Waals surface area contributed by atoms with Crippen LogP contribution in [-0.4, -0.2) is 59.7 Å². The van der Waals surface area contributed by atoms with Crippen molar-refractivity contribution in [2.24, 2.45) is 22.4 Å². The Morgan fingerprint density at radius 2 is 1.60 bits per heavy atom. The number of benzene rings is 2. The first kappa shape index (κ1) is 31.2. The van der Waals surface area contributed by atoms with Crippen molar-refractivity contribution in [2.75, 3.05) is 18.4 Å². The van der Waals surface area contributed by atoms with E-state index in [0.717, 1.165) is 0 Å². The molecule has 14 nitrogen and oxygen atoms in total. The van der Waals surface area contributed by atoms with Gasteiger partial charge in [0.25, 0.3) is 11.6 Å². The van der Waals surface area contributed by atoms with E-state index in [-0.39, 0.29) is 30.5 Å². The fraction of sp³-hybridized carbons (Fsp3) is 0.346. The van der Waals surface area contributed by atoms with E-state index < -0.39 is 47.2 Å². The number of aliphatic imine (C=N–C) groups is 1. The van der Waals surface area contributed by atoms with Crippen LogP contribution in [0, 0.1) is 16.0 Å². The van der Waals surface area contributed by atoms with Crippen molar-refractivity contribution >= 4 is 41.0 Å². The summed E-state index contributed by atoms with van der Waals surface area (Å²) in [5, 5.41) is 21.2. The molecule has 0 aliphatic rings. The van der Waals surface area contributed by atoms with Crippen molar-refractivity contribution in [1.82, 2.24) is 16.0 Å². The third kappa shape index (κ3) is 10.4. The Hall–Kier alpha value is -5.01. The zero-order chi connectivity index (χ0) is 29.7. The van der Waals surface area contributed by atoms with E-state index in [9.17, 15) is 29.3 Å². The van der Waals surface area contributed by atoms with E-state index >= 15 is 0 Å². The van der Waals surface area contributed by atoms with E-state index in [4.69, 9.17) is 11.5 Å². The molecule has 40 heavy (non-hydrogen) atoms. The van der Waals surface area contributed by atoms with Gasteiger partial charge in [-0.15, -0.1) is 0 Å². The number of nitrogens with two attached hydrogens (primary N) is 2. The minimum absolute atomic E-state index is 0.113. The summed E-state index contributed by atoms with van der Waals surface area (Å²) in [6.07, 6.45) is 0.515. The molecule has 0 aliphatic heterocycles. The summed E-state index contributed by atoms with van der Waals surface area (Å²) < 4.78 is 0. The van der Waals surface area contributed by atoms with Crippen molar-refractivity contribution in [2.45, 2.75) is 38.8 Å². The van der Waals surface area contributed by atoms with Gasteiger partial charge >= 0.3 is 0 Å². The van der Waals surface area contributed by atoms with Crippen LogP contribution in [0.2, 0.25) is 0 Å². The first-order valence-electron chi connectivity index (χ1n) is 12.5. The molecule has 0 radical (unpaired) electrons. The van der Waals surface area contributed by atoms with E-state index in [1.165, 1.54) is 24.3 Å². The molecule has 0 bridgehead atoms. The maximum absolute atomic E-state index is 12.9. The molecule has 0 spiro atoms. The number of hydrogen-bond acceptors (Lipinski definition) is 7.